The van der Waals surface area contributed by atoms with E-state index in [1.807, 2.05) is 0 Å². The normalized spacial score (nSPS) is 22.1. The van der Waals surface area contributed by atoms with Crippen molar-refractivity contribution in [2.75, 3.05) is 0 Å². The molecule has 3 N–H and O–H groups in total. The van der Waals surface area contributed by atoms with E-state index in [0.29, 0.717) is 12.0 Å². The van der Waals surface area contributed by atoms with E-state index >= 15 is 0 Å². The van der Waals surface area contributed by atoms with Crippen molar-refractivity contribution >= 4 is 12.7 Å². The van der Waals surface area contributed by atoms with Crippen molar-refractivity contribution in [1.82, 2.24) is 0 Å². The summed E-state index contributed by atoms with van der Waals surface area (Å²) in [4.78, 5) is 10.9. The van der Waals surface area contributed by atoms with Crippen molar-refractivity contribution < 1.29 is 24.6 Å². The van der Waals surface area contributed by atoms with E-state index < -0.39 is 18.5 Å². The highest BCUT2D eigenvalue weighted by Crippen LogP contribution is 2.37. The van der Waals surface area contributed by atoms with Crippen LogP contribution in [-0.4, -0.2) is 27.9 Å². The van der Waals surface area contributed by atoms with Crippen molar-refractivity contribution in [3.8, 4) is 5.75 Å². The van der Waals surface area contributed by atoms with Crippen LogP contribution in [0, 0.1) is 0 Å². The Hall–Kier alpha value is -1.53. The Morgan fingerprint density at radius 1 is 1.50 bits per heavy atom. The molecule has 0 saturated heterocycles. The predicted molar refractivity (Wildman–Crippen MR) is 57.3 cm³/mol. The number of fused-ring (bicyclic) bond motifs is 1. The van der Waals surface area contributed by atoms with E-state index in [0.717, 1.165) is 0 Å². The fraction of sp³-hybridized carbons (Fsp3) is 0.300. The molecule has 1 aliphatic rings. The van der Waals surface area contributed by atoms with Crippen LogP contribution in [0.4, 0.5) is 0 Å². The second-order valence-corrected chi connectivity index (χ2v) is 4.16. The Bertz CT molecular complexity index is 443. The molecule has 0 aromatic heterocycles. The van der Waals surface area contributed by atoms with E-state index in [2.05, 4.69) is 0 Å². The number of carboxylic acids is 1. The summed E-state index contributed by atoms with van der Waals surface area (Å²) in [7, 11) is 0. The molecule has 86 valence electrons. The van der Waals surface area contributed by atoms with Crippen LogP contribution in [-0.2, 0) is 6.42 Å². The maximum atomic E-state index is 10.9. The minimum atomic E-state index is -2.97. The van der Waals surface area contributed by atoms with Crippen LogP contribution in [0.1, 0.15) is 22.8 Å². The summed E-state index contributed by atoms with van der Waals surface area (Å²) in [6, 6.07) is 4.72. The van der Waals surface area contributed by atoms with Crippen molar-refractivity contribution in [1.29, 1.82) is 0 Å². The third-order valence-corrected chi connectivity index (χ3v) is 2.90. The van der Waals surface area contributed by atoms with Crippen LogP contribution in [0.5, 0.6) is 5.75 Å². The molecule has 1 atom stereocenters. The average molecular weight is 223 g/mol. The lowest BCUT2D eigenvalue weighted by molar-refractivity contribution is 0.0693. The van der Waals surface area contributed by atoms with Gasteiger partial charge in [0.25, 0.3) is 0 Å². The van der Waals surface area contributed by atoms with Crippen LogP contribution in [0.2, 0.25) is 5.82 Å². The van der Waals surface area contributed by atoms with Crippen LogP contribution >= 0.6 is 0 Å². The molecule has 0 spiro atoms. The van der Waals surface area contributed by atoms with E-state index in [1.54, 1.807) is 19.1 Å². The van der Waals surface area contributed by atoms with Crippen molar-refractivity contribution in [3.63, 3.8) is 0 Å². The maximum Gasteiger partial charge on any atom is 0.433 e. The molecule has 1 heterocycles. The maximum absolute atomic E-state index is 10.9. The van der Waals surface area contributed by atoms with Gasteiger partial charge in [-0.1, -0.05) is 24.9 Å². The average Bonchev–Trinajstić information content (AvgIpc) is 2.18. The molecule has 0 radical (unpaired) electrons. The molecule has 0 amide bonds. The first-order valence-electron chi connectivity index (χ1n) is 5.05. The standard InChI is InChI=1S/C10H12BO5/c1-6-5-7-3-2-4-8(10(12)13)9(7)16-11(6,14)15/h2-4,6,14-15H,5H2,1H3,(H,12,13)/q-1/t6-/m1/s1. The number of benzene rings is 1. The second-order valence-electron chi connectivity index (χ2n) is 4.16. The van der Waals surface area contributed by atoms with Gasteiger partial charge in [-0.05, 0) is 18.1 Å². The summed E-state index contributed by atoms with van der Waals surface area (Å²) in [6.45, 7) is -1.32. The molecular weight excluding hydrogens is 211 g/mol. The quantitative estimate of drug-likeness (QED) is 0.608. The number of para-hydroxylation sites is 1. The van der Waals surface area contributed by atoms with Gasteiger partial charge >= 0.3 is 12.7 Å². The summed E-state index contributed by atoms with van der Waals surface area (Å²) in [5.74, 6) is -1.52. The lowest BCUT2D eigenvalue weighted by Gasteiger charge is -2.42. The van der Waals surface area contributed by atoms with Crippen LogP contribution in [0.15, 0.2) is 18.2 Å². The van der Waals surface area contributed by atoms with Gasteiger partial charge in [-0.15, -0.1) is 0 Å². The van der Waals surface area contributed by atoms with Crippen LogP contribution in [0.3, 0.4) is 0 Å². The lowest BCUT2D eigenvalue weighted by Crippen LogP contribution is -2.50. The summed E-state index contributed by atoms with van der Waals surface area (Å²) in [5, 5.41) is 28.1. The zero-order chi connectivity index (χ0) is 11.9. The molecule has 0 fully saturated rings. The van der Waals surface area contributed by atoms with E-state index in [1.165, 1.54) is 6.07 Å². The van der Waals surface area contributed by atoms with E-state index in [-0.39, 0.29) is 11.3 Å². The zero-order valence-electron chi connectivity index (χ0n) is 8.75. The highest BCUT2D eigenvalue weighted by Gasteiger charge is 2.37. The third-order valence-electron chi connectivity index (χ3n) is 2.90. The predicted octanol–water partition coefficient (Wildman–Crippen LogP) is 0.633. The van der Waals surface area contributed by atoms with Gasteiger partial charge in [0, 0.05) is 0 Å². The van der Waals surface area contributed by atoms with Crippen molar-refractivity contribution in [2.45, 2.75) is 19.2 Å². The van der Waals surface area contributed by atoms with Gasteiger partial charge in [-0.2, -0.15) is 0 Å². The van der Waals surface area contributed by atoms with Gasteiger partial charge in [0.2, 0.25) is 0 Å². The number of carbonyl (C=O) groups is 1. The SMILES string of the molecule is C[C@@H]1Cc2cccc(C(=O)O)c2O[B-]1(O)O. The molecule has 2 rings (SSSR count). The van der Waals surface area contributed by atoms with Crippen molar-refractivity contribution in [3.05, 3.63) is 29.3 Å². The van der Waals surface area contributed by atoms with Gasteiger partial charge in [-0.25, -0.2) is 4.79 Å². The molecule has 0 aliphatic carbocycles. The Labute approximate surface area is 92.3 Å². The Balaban J connectivity index is 2.52. The first kappa shape index (κ1) is 11.0. The smallest absolute Gasteiger partial charge is 0.433 e. The van der Waals surface area contributed by atoms with E-state index in [4.69, 9.17) is 9.76 Å². The first-order valence-corrected chi connectivity index (χ1v) is 5.05. The summed E-state index contributed by atoms with van der Waals surface area (Å²) < 4.78 is 5.02. The van der Waals surface area contributed by atoms with Crippen molar-refractivity contribution in [2.24, 2.45) is 0 Å². The molecular formula is C10H12BO5-. The van der Waals surface area contributed by atoms with Gasteiger partial charge in [0.1, 0.15) is 0 Å². The minimum Gasteiger partial charge on any atom is -0.669 e. The van der Waals surface area contributed by atoms with Crippen LogP contribution < -0.4 is 4.65 Å². The number of hydrogen-bond donors (Lipinski definition) is 3. The number of hydrogen-bond acceptors (Lipinski definition) is 4. The zero-order valence-corrected chi connectivity index (χ0v) is 8.75. The topological polar surface area (TPSA) is 87.0 Å². The highest BCUT2D eigenvalue weighted by atomic mass is 16.6. The number of aromatic carboxylic acids is 1. The monoisotopic (exact) mass is 223 g/mol. The third kappa shape index (κ3) is 1.66. The first-order chi connectivity index (χ1) is 7.42. The van der Waals surface area contributed by atoms with Gasteiger partial charge in [0.15, 0.2) is 0 Å². The molecule has 16 heavy (non-hydrogen) atoms. The fourth-order valence-corrected chi connectivity index (χ4v) is 1.84. The molecule has 6 heteroatoms. The van der Waals surface area contributed by atoms with Gasteiger partial charge in [0.05, 0.1) is 11.3 Å². The molecule has 0 bridgehead atoms. The Morgan fingerprint density at radius 3 is 2.81 bits per heavy atom. The fourth-order valence-electron chi connectivity index (χ4n) is 1.84. The van der Waals surface area contributed by atoms with Gasteiger partial charge < -0.3 is 19.8 Å². The molecule has 0 unspecified atom stereocenters. The minimum absolute atomic E-state index is 0.0428. The molecule has 1 aromatic carbocycles. The van der Waals surface area contributed by atoms with E-state index in [9.17, 15) is 14.8 Å². The summed E-state index contributed by atoms with van der Waals surface area (Å²) in [6.07, 6.45) is 0.392. The Kier molecular flexibility index (Phi) is 2.40. The summed E-state index contributed by atoms with van der Waals surface area (Å²) >= 11 is 0. The lowest BCUT2D eigenvalue weighted by atomic mass is 9.60. The highest BCUT2D eigenvalue weighted by molar-refractivity contribution is 6.60. The molecule has 0 saturated carbocycles. The van der Waals surface area contributed by atoms with Crippen LogP contribution in [0.25, 0.3) is 0 Å². The molecule has 1 aromatic rings. The largest absolute Gasteiger partial charge is 0.669 e. The van der Waals surface area contributed by atoms with Gasteiger partial charge in [-0.3, -0.25) is 0 Å². The molecule has 1 aliphatic heterocycles. The second kappa shape index (κ2) is 3.50. The number of rotatable bonds is 1. The number of carboxylic acid groups (broad SMARTS) is 1. The Morgan fingerprint density at radius 2 is 2.19 bits per heavy atom. The summed E-state index contributed by atoms with van der Waals surface area (Å²) in [5.41, 5.74) is 0.645. The molecule has 5 nitrogen and oxygen atoms in total.